The second kappa shape index (κ2) is 7.41. The van der Waals surface area contributed by atoms with Crippen molar-refractivity contribution < 1.29 is 13.9 Å². The van der Waals surface area contributed by atoms with Crippen LogP contribution in [0, 0.1) is 0 Å². The van der Waals surface area contributed by atoms with Crippen molar-refractivity contribution in [1.29, 1.82) is 0 Å². The van der Waals surface area contributed by atoms with Crippen molar-refractivity contribution in [3.05, 3.63) is 84.3 Å². The molecule has 0 saturated heterocycles. The van der Waals surface area contributed by atoms with Gasteiger partial charge in [0.05, 0.1) is 6.42 Å². The molecule has 4 rings (SSSR count). The Labute approximate surface area is 156 Å². The number of nitrogens with zero attached hydrogens (tertiary/aromatic N) is 2. The second-order valence-electron chi connectivity index (χ2n) is 6.26. The number of rotatable bonds is 5. The van der Waals surface area contributed by atoms with E-state index in [1.165, 1.54) is 0 Å². The number of fused-ring (bicyclic) bond motifs is 1. The van der Waals surface area contributed by atoms with Gasteiger partial charge >= 0.3 is 5.97 Å². The normalized spacial score (nSPS) is 12.0. The summed E-state index contributed by atoms with van der Waals surface area (Å²) in [6.45, 7) is 1.73. The van der Waals surface area contributed by atoms with Crippen LogP contribution < -0.4 is 0 Å². The molecule has 0 unspecified atom stereocenters. The van der Waals surface area contributed by atoms with E-state index in [-0.39, 0.29) is 18.3 Å². The summed E-state index contributed by atoms with van der Waals surface area (Å²) in [5.74, 6) is 0.348. The number of hydrogen-bond acceptors (Lipinski definition) is 5. The first-order valence-electron chi connectivity index (χ1n) is 8.75. The number of benzene rings is 3. The summed E-state index contributed by atoms with van der Waals surface area (Å²) in [5, 5.41) is 10.2. The van der Waals surface area contributed by atoms with Crippen molar-refractivity contribution in [2.75, 3.05) is 0 Å². The lowest BCUT2D eigenvalue weighted by Gasteiger charge is -2.10. The van der Waals surface area contributed by atoms with Crippen LogP contribution >= 0.6 is 0 Å². The lowest BCUT2D eigenvalue weighted by molar-refractivity contribution is -0.148. The number of ether oxygens (including phenoxy) is 1. The first-order valence-corrected chi connectivity index (χ1v) is 8.75. The zero-order valence-corrected chi connectivity index (χ0v) is 14.8. The molecule has 3 aromatic carbocycles. The average molecular weight is 358 g/mol. The number of aromatic nitrogens is 2. The van der Waals surface area contributed by atoms with Gasteiger partial charge in [-0.05, 0) is 35.4 Å². The van der Waals surface area contributed by atoms with Crippen LogP contribution in [0.1, 0.15) is 24.5 Å². The molecule has 27 heavy (non-hydrogen) atoms. The predicted octanol–water partition coefficient (Wildman–Crippen LogP) is 4.74. The molecule has 0 radical (unpaired) electrons. The zero-order chi connectivity index (χ0) is 18.6. The van der Waals surface area contributed by atoms with E-state index < -0.39 is 6.10 Å². The highest BCUT2D eigenvalue weighted by atomic mass is 16.6. The summed E-state index contributed by atoms with van der Waals surface area (Å²) in [7, 11) is 0. The molecule has 4 aromatic rings. The van der Waals surface area contributed by atoms with Gasteiger partial charge in [-0.3, -0.25) is 4.79 Å². The Morgan fingerprint density at radius 3 is 2.56 bits per heavy atom. The highest BCUT2D eigenvalue weighted by molar-refractivity contribution is 5.89. The monoisotopic (exact) mass is 358 g/mol. The minimum absolute atomic E-state index is 0.186. The van der Waals surface area contributed by atoms with E-state index in [1.54, 1.807) is 6.92 Å². The van der Waals surface area contributed by atoms with Crippen molar-refractivity contribution in [2.45, 2.75) is 19.4 Å². The summed E-state index contributed by atoms with van der Waals surface area (Å²) in [4.78, 5) is 12.4. The number of esters is 1. The third-order valence-corrected chi connectivity index (χ3v) is 4.33. The van der Waals surface area contributed by atoms with E-state index in [2.05, 4.69) is 10.2 Å². The molecular formula is C22H18N2O3. The maximum atomic E-state index is 12.4. The minimum Gasteiger partial charge on any atom is -0.452 e. The summed E-state index contributed by atoms with van der Waals surface area (Å²) in [6, 6.07) is 23.3. The molecule has 0 aliphatic carbocycles. The zero-order valence-electron chi connectivity index (χ0n) is 14.8. The smallest absolute Gasteiger partial charge is 0.311 e. The topological polar surface area (TPSA) is 65.2 Å². The molecule has 0 saturated carbocycles. The molecule has 0 amide bonds. The fraction of sp³-hybridized carbons (Fsp3) is 0.136. The average Bonchev–Trinajstić information content (AvgIpc) is 3.19. The molecule has 5 nitrogen and oxygen atoms in total. The van der Waals surface area contributed by atoms with Crippen LogP contribution in [0.5, 0.6) is 0 Å². The Bertz CT molecular complexity index is 1070. The Hall–Kier alpha value is -3.47. The van der Waals surface area contributed by atoms with Gasteiger partial charge in [0.2, 0.25) is 5.89 Å². The molecule has 1 aromatic heterocycles. The molecule has 0 spiro atoms. The highest BCUT2D eigenvalue weighted by Gasteiger charge is 2.19. The van der Waals surface area contributed by atoms with Crippen molar-refractivity contribution >= 4 is 16.7 Å². The number of carbonyl (C=O) groups excluding carboxylic acids is 1. The SMILES string of the molecule is C[C@H](OC(=O)Cc1cccc2ccccc12)c1nnc(-c2ccccc2)o1. The van der Waals surface area contributed by atoms with Crippen LogP contribution in [0.3, 0.4) is 0 Å². The fourth-order valence-corrected chi connectivity index (χ4v) is 2.99. The van der Waals surface area contributed by atoms with Gasteiger partial charge in [0, 0.05) is 5.56 Å². The van der Waals surface area contributed by atoms with Gasteiger partial charge in [-0.15, -0.1) is 10.2 Å². The van der Waals surface area contributed by atoms with Gasteiger partial charge in [0.15, 0.2) is 6.10 Å². The van der Waals surface area contributed by atoms with Crippen molar-refractivity contribution in [3.8, 4) is 11.5 Å². The Morgan fingerprint density at radius 2 is 1.70 bits per heavy atom. The van der Waals surface area contributed by atoms with Gasteiger partial charge < -0.3 is 9.15 Å². The van der Waals surface area contributed by atoms with E-state index >= 15 is 0 Å². The highest BCUT2D eigenvalue weighted by Crippen LogP contribution is 2.23. The Kier molecular flexibility index (Phi) is 4.66. The molecule has 0 bridgehead atoms. The predicted molar refractivity (Wildman–Crippen MR) is 102 cm³/mol. The molecular weight excluding hydrogens is 340 g/mol. The van der Waals surface area contributed by atoms with Gasteiger partial charge in [-0.2, -0.15) is 0 Å². The summed E-state index contributed by atoms with van der Waals surface area (Å²) < 4.78 is 11.2. The third kappa shape index (κ3) is 3.72. The van der Waals surface area contributed by atoms with Crippen LogP contribution in [-0.2, 0) is 16.0 Å². The van der Waals surface area contributed by atoms with E-state index in [9.17, 15) is 4.79 Å². The second-order valence-corrected chi connectivity index (χ2v) is 6.26. The maximum absolute atomic E-state index is 12.4. The van der Waals surface area contributed by atoms with Crippen LogP contribution in [0.15, 0.2) is 77.2 Å². The van der Waals surface area contributed by atoms with E-state index in [1.807, 2.05) is 72.8 Å². The molecule has 1 heterocycles. The Balaban J connectivity index is 1.46. The molecule has 0 fully saturated rings. The quantitative estimate of drug-likeness (QED) is 0.482. The molecule has 0 aliphatic rings. The summed E-state index contributed by atoms with van der Waals surface area (Å²) >= 11 is 0. The number of hydrogen-bond donors (Lipinski definition) is 0. The summed E-state index contributed by atoms with van der Waals surface area (Å²) in [5.41, 5.74) is 1.76. The standard InChI is InChI=1S/C22H18N2O3/c1-15(21-23-24-22(27-21)17-9-3-2-4-10-17)26-20(25)14-18-12-7-11-16-8-5-6-13-19(16)18/h2-13,15H,14H2,1H3/t15-/m0/s1. The van der Waals surface area contributed by atoms with E-state index in [4.69, 9.17) is 9.15 Å². The molecule has 0 N–H and O–H groups in total. The fourth-order valence-electron chi connectivity index (χ4n) is 2.99. The molecule has 0 aliphatic heterocycles. The van der Waals surface area contributed by atoms with Gasteiger partial charge in [-0.25, -0.2) is 0 Å². The van der Waals surface area contributed by atoms with Crippen molar-refractivity contribution in [1.82, 2.24) is 10.2 Å². The van der Waals surface area contributed by atoms with Crippen molar-refractivity contribution in [3.63, 3.8) is 0 Å². The minimum atomic E-state index is -0.613. The molecule has 1 atom stereocenters. The Morgan fingerprint density at radius 1 is 0.963 bits per heavy atom. The lowest BCUT2D eigenvalue weighted by Crippen LogP contribution is -2.12. The number of carbonyl (C=O) groups is 1. The van der Waals surface area contributed by atoms with E-state index in [0.717, 1.165) is 21.9 Å². The largest absolute Gasteiger partial charge is 0.452 e. The first-order chi connectivity index (χ1) is 13.2. The third-order valence-electron chi connectivity index (χ3n) is 4.33. The van der Waals surface area contributed by atoms with Crippen molar-refractivity contribution in [2.24, 2.45) is 0 Å². The molecule has 5 heteroatoms. The maximum Gasteiger partial charge on any atom is 0.311 e. The van der Waals surface area contributed by atoms with Gasteiger partial charge in [0.1, 0.15) is 0 Å². The van der Waals surface area contributed by atoms with Gasteiger partial charge in [-0.1, -0.05) is 60.7 Å². The van der Waals surface area contributed by atoms with Crippen LogP contribution in [0.4, 0.5) is 0 Å². The molecule has 134 valence electrons. The summed E-state index contributed by atoms with van der Waals surface area (Å²) in [6.07, 6.45) is -0.428. The van der Waals surface area contributed by atoms with Crippen LogP contribution in [-0.4, -0.2) is 16.2 Å². The lowest BCUT2D eigenvalue weighted by atomic mass is 10.0. The first kappa shape index (κ1) is 17.0. The van der Waals surface area contributed by atoms with Crippen LogP contribution in [0.2, 0.25) is 0 Å². The van der Waals surface area contributed by atoms with Gasteiger partial charge in [0.25, 0.3) is 5.89 Å². The van der Waals surface area contributed by atoms with E-state index in [0.29, 0.717) is 5.89 Å². The van der Waals surface area contributed by atoms with Crippen LogP contribution in [0.25, 0.3) is 22.2 Å².